The molecule has 0 unspecified atom stereocenters. The number of hydrogen-bond acceptors (Lipinski definition) is 5. The van der Waals surface area contributed by atoms with E-state index in [0.29, 0.717) is 25.2 Å². The van der Waals surface area contributed by atoms with E-state index in [4.69, 9.17) is 5.11 Å². The highest BCUT2D eigenvalue weighted by Crippen LogP contribution is 2.39. The lowest BCUT2D eigenvalue weighted by molar-refractivity contribution is -0.384. The van der Waals surface area contributed by atoms with Gasteiger partial charge in [0.2, 0.25) is 0 Å². The second-order valence-electron chi connectivity index (χ2n) is 5.76. The van der Waals surface area contributed by atoms with Gasteiger partial charge in [0.1, 0.15) is 5.69 Å². The second kappa shape index (κ2) is 5.41. The van der Waals surface area contributed by atoms with Gasteiger partial charge in [-0.05, 0) is 18.9 Å². The van der Waals surface area contributed by atoms with Crippen molar-refractivity contribution >= 4 is 28.4 Å². The van der Waals surface area contributed by atoms with Crippen LogP contribution in [-0.2, 0) is 7.05 Å². The minimum atomic E-state index is -1.08. The first-order chi connectivity index (χ1) is 10.9. The van der Waals surface area contributed by atoms with Crippen molar-refractivity contribution in [3.63, 3.8) is 0 Å². The predicted octanol–water partition coefficient (Wildman–Crippen LogP) is 1.64. The second-order valence-corrected chi connectivity index (χ2v) is 5.76. The summed E-state index contributed by atoms with van der Waals surface area (Å²) in [6.45, 7) is 2.75. The van der Waals surface area contributed by atoms with E-state index in [2.05, 4.69) is 10.4 Å². The van der Waals surface area contributed by atoms with Gasteiger partial charge in [-0.25, -0.2) is 4.79 Å². The molecule has 3 rings (SSSR count). The number of nitro benzene ring substituents is 1. The molecule has 0 radical (unpaired) electrons. The van der Waals surface area contributed by atoms with Gasteiger partial charge in [0, 0.05) is 32.4 Å². The smallest absolute Gasteiger partial charge is 0.404 e. The molecule has 2 aromatic rings. The summed E-state index contributed by atoms with van der Waals surface area (Å²) in [6.07, 6.45) is 1.30. The monoisotopic (exact) mass is 319 g/mol. The highest BCUT2D eigenvalue weighted by atomic mass is 16.6. The van der Waals surface area contributed by atoms with Crippen LogP contribution in [0.15, 0.2) is 12.3 Å². The molecule has 1 aromatic heterocycles. The van der Waals surface area contributed by atoms with Gasteiger partial charge in [0.05, 0.1) is 21.9 Å². The Bertz CT molecular complexity index is 800. The molecule has 9 heteroatoms. The molecule has 1 aliphatic rings. The number of carbonyl (C=O) groups is 1. The number of rotatable bonds is 3. The molecule has 1 aromatic carbocycles. The van der Waals surface area contributed by atoms with Crippen molar-refractivity contribution in [2.24, 2.45) is 7.05 Å². The van der Waals surface area contributed by atoms with Crippen molar-refractivity contribution < 1.29 is 14.8 Å². The SMILES string of the molecule is Cc1cc([N+](=O)[O-])c(N2CC[C@@H](NC(=O)O)C2)c2cn(C)nc12. The number of aryl methyl sites for hydroxylation is 2. The van der Waals surface area contributed by atoms with Crippen LogP contribution in [-0.4, -0.2) is 45.0 Å². The van der Waals surface area contributed by atoms with Crippen molar-refractivity contribution in [3.8, 4) is 0 Å². The third-order valence-electron chi connectivity index (χ3n) is 4.08. The maximum absolute atomic E-state index is 11.5. The maximum atomic E-state index is 11.5. The van der Waals surface area contributed by atoms with E-state index in [1.54, 1.807) is 24.9 Å². The Morgan fingerprint density at radius 2 is 2.30 bits per heavy atom. The minimum absolute atomic E-state index is 0.0268. The van der Waals surface area contributed by atoms with Crippen LogP contribution in [0.2, 0.25) is 0 Å². The zero-order valence-corrected chi connectivity index (χ0v) is 12.8. The molecular formula is C14H17N5O4. The number of benzene rings is 1. The Balaban J connectivity index is 2.09. The van der Waals surface area contributed by atoms with Crippen LogP contribution in [0.1, 0.15) is 12.0 Å². The molecule has 1 atom stereocenters. The fourth-order valence-electron chi connectivity index (χ4n) is 3.16. The molecule has 0 spiro atoms. The zero-order chi connectivity index (χ0) is 16.7. The van der Waals surface area contributed by atoms with Gasteiger partial charge in [0.25, 0.3) is 5.69 Å². The first kappa shape index (κ1) is 15.1. The Morgan fingerprint density at radius 3 is 2.96 bits per heavy atom. The molecule has 2 N–H and O–H groups in total. The summed E-state index contributed by atoms with van der Waals surface area (Å²) in [5.41, 5.74) is 2.01. The highest BCUT2D eigenvalue weighted by molar-refractivity contribution is 5.98. The standard InChI is InChI=1S/C14H17N5O4/c1-8-5-11(19(22)23)13(10-7-17(2)16-12(8)10)18-4-3-9(6-18)15-14(20)21/h5,7,9,15H,3-4,6H2,1-2H3,(H,20,21)/t9-/m1/s1. The molecule has 1 saturated heterocycles. The number of fused-ring (bicyclic) bond motifs is 1. The van der Waals surface area contributed by atoms with E-state index in [9.17, 15) is 14.9 Å². The molecule has 1 fully saturated rings. The third kappa shape index (κ3) is 2.65. The summed E-state index contributed by atoms with van der Waals surface area (Å²) >= 11 is 0. The third-order valence-corrected chi connectivity index (χ3v) is 4.08. The van der Waals surface area contributed by atoms with Crippen molar-refractivity contribution in [3.05, 3.63) is 27.9 Å². The normalized spacial score (nSPS) is 17.7. The Hall–Kier alpha value is -2.84. The van der Waals surface area contributed by atoms with Gasteiger partial charge in [0.15, 0.2) is 0 Å². The van der Waals surface area contributed by atoms with Crippen molar-refractivity contribution in [2.75, 3.05) is 18.0 Å². The predicted molar refractivity (Wildman–Crippen MR) is 83.9 cm³/mol. The van der Waals surface area contributed by atoms with Crippen LogP contribution in [0.25, 0.3) is 10.9 Å². The number of nitro groups is 1. The van der Waals surface area contributed by atoms with Crippen molar-refractivity contribution in [2.45, 2.75) is 19.4 Å². The van der Waals surface area contributed by atoms with Gasteiger partial charge in [-0.3, -0.25) is 14.8 Å². The lowest BCUT2D eigenvalue weighted by Gasteiger charge is -2.20. The van der Waals surface area contributed by atoms with Crippen LogP contribution in [0.4, 0.5) is 16.2 Å². The number of amides is 1. The van der Waals surface area contributed by atoms with Gasteiger partial charge in [-0.15, -0.1) is 0 Å². The first-order valence-electron chi connectivity index (χ1n) is 7.22. The van der Waals surface area contributed by atoms with Crippen LogP contribution in [0.5, 0.6) is 0 Å². The number of nitrogens with one attached hydrogen (secondary N) is 1. The lowest BCUT2D eigenvalue weighted by atomic mass is 10.1. The topological polar surface area (TPSA) is 114 Å². The van der Waals surface area contributed by atoms with E-state index in [-0.39, 0.29) is 11.7 Å². The fourth-order valence-corrected chi connectivity index (χ4v) is 3.16. The van der Waals surface area contributed by atoms with Gasteiger partial charge >= 0.3 is 6.09 Å². The van der Waals surface area contributed by atoms with Crippen LogP contribution in [0.3, 0.4) is 0 Å². The number of carboxylic acid groups (broad SMARTS) is 1. The quantitative estimate of drug-likeness (QED) is 0.656. The van der Waals surface area contributed by atoms with E-state index < -0.39 is 11.0 Å². The van der Waals surface area contributed by atoms with Crippen LogP contribution in [0, 0.1) is 17.0 Å². The Labute approximate surface area is 131 Å². The molecule has 1 aliphatic heterocycles. The number of anilines is 1. The van der Waals surface area contributed by atoms with Gasteiger partial charge in [-0.1, -0.05) is 0 Å². The summed E-state index contributed by atoms with van der Waals surface area (Å²) in [6, 6.07) is 1.29. The highest BCUT2D eigenvalue weighted by Gasteiger charge is 2.31. The van der Waals surface area contributed by atoms with Crippen molar-refractivity contribution in [1.29, 1.82) is 0 Å². The van der Waals surface area contributed by atoms with Gasteiger partial charge < -0.3 is 15.3 Å². The molecule has 0 saturated carbocycles. The first-order valence-corrected chi connectivity index (χ1v) is 7.22. The summed E-state index contributed by atoms with van der Waals surface area (Å²) in [7, 11) is 1.77. The average Bonchev–Trinajstić information content (AvgIpc) is 3.04. The lowest BCUT2D eigenvalue weighted by Crippen LogP contribution is -2.36. The number of hydrogen-bond donors (Lipinski definition) is 2. The molecular weight excluding hydrogens is 302 g/mol. The summed E-state index contributed by atoms with van der Waals surface area (Å²) in [5, 5.41) is 27.8. The molecule has 2 heterocycles. The zero-order valence-electron chi connectivity index (χ0n) is 12.8. The van der Waals surface area contributed by atoms with E-state index in [1.165, 1.54) is 6.07 Å². The Morgan fingerprint density at radius 1 is 1.57 bits per heavy atom. The molecule has 23 heavy (non-hydrogen) atoms. The molecule has 122 valence electrons. The summed E-state index contributed by atoms with van der Waals surface area (Å²) < 4.78 is 1.63. The summed E-state index contributed by atoms with van der Waals surface area (Å²) in [5.74, 6) is 0. The molecule has 1 amide bonds. The largest absolute Gasteiger partial charge is 0.465 e. The molecule has 0 aliphatic carbocycles. The van der Waals surface area contributed by atoms with Crippen LogP contribution >= 0.6 is 0 Å². The van der Waals surface area contributed by atoms with Crippen LogP contribution < -0.4 is 10.2 Å². The van der Waals surface area contributed by atoms with E-state index >= 15 is 0 Å². The molecule has 0 bridgehead atoms. The minimum Gasteiger partial charge on any atom is -0.465 e. The maximum Gasteiger partial charge on any atom is 0.404 e. The fraction of sp³-hybridized carbons (Fsp3) is 0.429. The van der Waals surface area contributed by atoms with Crippen molar-refractivity contribution in [1.82, 2.24) is 15.1 Å². The number of aromatic nitrogens is 2. The molecule has 9 nitrogen and oxygen atoms in total. The average molecular weight is 319 g/mol. The Kier molecular flexibility index (Phi) is 3.55. The summed E-state index contributed by atoms with van der Waals surface area (Å²) in [4.78, 5) is 23.7. The van der Waals surface area contributed by atoms with E-state index in [1.807, 2.05) is 4.90 Å². The van der Waals surface area contributed by atoms with E-state index in [0.717, 1.165) is 16.5 Å². The van der Waals surface area contributed by atoms with Gasteiger partial charge in [-0.2, -0.15) is 5.10 Å². The number of nitrogens with zero attached hydrogens (tertiary/aromatic N) is 4.